The fourth-order valence-corrected chi connectivity index (χ4v) is 2.18. The Labute approximate surface area is 126 Å². The van der Waals surface area contributed by atoms with Crippen molar-refractivity contribution in [3.63, 3.8) is 0 Å². The third-order valence-electron chi connectivity index (χ3n) is 3.64. The van der Waals surface area contributed by atoms with Crippen LogP contribution in [0, 0.1) is 13.8 Å². The Morgan fingerprint density at radius 1 is 1.29 bits per heavy atom. The van der Waals surface area contributed by atoms with E-state index in [0.717, 1.165) is 29.9 Å². The number of aryl methyl sites for hydroxylation is 2. The minimum Gasteiger partial charge on any atom is -0.350 e. The van der Waals surface area contributed by atoms with Gasteiger partial charge in [0.25, 0.3) is 5.91 Å². The minimum absolute atomic E-state index is 0.0120. The van der Waals surface area contributed by atoms with Crippen molar-refractivity contribution in [2.75, 3.05) is 0 Å². The van der Waals surface area contributed by atoms with Gasteiger partial charge in [0, 0.05) is 17.3 Å². The molecular formula is C17H23N3O. The van der Waals surface area contributed by atoms with Crippen molar-refractivity contribution < 1.29 is 4.79 Å². The Bertz CT molecular complexity index is 613. The van der Waals surface area contributed by atoms with Gasteiger partial charge < -0.3 is 5.32 Å². The average molecular weight is 285 g/mol. The van der Waals surface area contributed by atoms with Gasteiger partial charge in [-0.15, -0.1) is 0 Å². The molecule has 0 aliphatic heterocycles. The van der Waals surface area contributed by atoms with Gasteiger partial charge in [-0.1, -0.05) is 19.1 Å². The summed E-state index contributed by atoms with van der Waals surface area (Å²) in [7, 11) is 0. The Morgan fingerprint density at radius 2 is 1.95 bits per heavy atom. The molecule has 0 spiro atoms. The summed E-state index contributed by atoms with van der Waals surface area (Å²) in [4.78, 5) is 12.0. The topological polar surface area (TPSA) is 46.9 Å². The quantitative estimate of drug-likeness (QED) is 0.917. The Kier molecular flexibility index (Phi) is 4.78. The summed E-state index contributed by atoms with van der Waals surface area (Å²) in [5.74, 6) is -0.0120. The number of benzene rings is 1. The van der Waals surface area contributed by atoms with Gasteiger partial charge in [-0.25, -0.2) is 0 Å². The van der Waals surface area contributed by atoms with Gasteiger partial charge in [0.15, 0.2) is 0 Å². The van der Waals surface area contributed by atoms with Crippen molar-refractivity contribution in [2.45, 2.75) is 46.7 Å². The predicted octanol–water partition coefficient (Wildman–Crippen LogP) is 3.08. The maximum atomic E-state index is 12.0. The van der Waals surface area contributed by atoms with E-state index in [-0.39, 0.29) is 11.9 Å². The van der Waals surface area contributed by atoms with Crippen LogP contribution in [0.15, 0.2) is 30.3 Å². The summed E-state index contributed by atoms with van der Waals surface area (Å²) in [6.45, 7) is 8.84. The number of carbonyl (C=O) groups is 1. The number of nitrogens with one attached hydrogen (secondary N) is 1. The number of hydrogen-bond donors (Lipinski definition) is 1. The normalized spacial score (nSPS) is 12.2. The highest BCUT2D eigenvalue weighted by Gasteiger charge is 2.08. The Balaban J connectivity index is 2.05. The molecule has 21 heavy (non-hydrogen) atoms. The van der Waals surface area contributed by atoms with Crippen molar-refractivity contribution in [3.8, 4) is 0 Å². The number of carbonyl (C=O) groups excluding carboxylic acids is 1. The highest BCUT2D eigenvalue weighted by Crippen LogP contribution is 2.09. The molecule has 1 aromatic heterocycles. The lowest BCUT2D eigenvalue weighted by atomic mass is 10.1. The van der Waals surface area contributed by atoms with Crippen molar-refractivity contribution in [2.24, 2.45) is 0 Å². The maximum absolute atomic E-state index is 12.0. The molecule has 4 heteroatoms. The zero-order valence-electron chi connectivity index (χ0n) is 13.2. The first-order valence-corrected chi connectivity index (χ1v) is 7.40. The molecule has 0 bridgehead atoms. The average Bonchev–Trinajstić information content (AvgIpc) is 2.77. The number of aromatic nitrogens is 2. The maximum Gasteiger partial charge on any atom is 0.251 e. The molecule has 0 aliphatic carbocycles. The third kappa shape index (κ3) is 3.94. The molecule has 2 aromatic rings. The van der Waals surface area contributed by atoms with Crippen LogP contribution < -0.4 is 5.32 Å². The van der Waals surface area contributed by atoms with Crippen LogP contribution in [0.4, 0.5) is 0 Å². The molecule has 0 saturated carbocycles. The highest BCUT2D eigenvalue weighted by molar-refractivity contribution is 5.94. The van der Waals surface area contributed by atoms with Crippen LogP contribution in [0.3, 0.4) is 0 Å². The van der Waals surface area contributed by atoms with Crippen molar-refractivity contribution in [3.05, 3.63) is 52.8 Å². The summed E-state index contributed by atoms with van der Waals surface area (Å²) < 4.78 is 1.98. The smallest absolute Gasteiger partial charge is 0.251 e. The lowest BCUT2D eigenvalue weighted by Crippen LogP contribution is -2.31. The second kappa shape index (κ2) is 6.57. The first kappa shape index (κ1) is 15.3. The molecule has 0 aliphatic rings. The molecule has 0 fully saturated rings. The predicted molar refractivity (Wildman–Crippen MR) is 84.5 cm³/mol. The first-order valence-electron chi connectivity index (χ1n) is 7.40. The van der Waals surface area contributed by atoms with Gasteiger partial charge in [0.05, 0.1) is 12.2 Å². The molecule has 2 rings (SSSR count). The lowest BCUT2D eigenvalue weighted by molar-refractivity contribution is 0.0939. The second-order valence-corrected chi connectivity index (χ2v) is 5.56. The number of rotatable bonds is 5. The van der Waals surface area contributed by atoms with Crippen molar-refractivity contribution >= 4 is 5.91 Å². The van der Waals surface area contributed by atoms with E-state index in [4.69, 9.17) is 0 Å². The molecule has 1 amide bonds. The van der Waals surface area contributed by atoms with E-state index in [1.165, 1.54) is 0 Å². The first-order chi connectivity index (χ1) is 9.99. The minimum atomic E-state index is -0.0120. The largest absolute Gasteiger partial charge is 0.350 e. The number of amides is 1. The van der Waals surface area contributed by atoms with Crippen LogP contribution in [0.5, 0.6) is 0 Å². The van der Waals surface area contributed by atoms with E-state index >= 15 is 0 Å². The third-order valence-corrected chi connectivity index (χ3v) is 3.64. The van der Waals surface area contributed by atoms with Gasteiger partial charge in [-0.2, -0.15) is 5.10 Å². The zero-order valence-corrected chi connectivity index (χ0v) is 13.2. The lowest BCUT2D eigenvalue weighted by Gasteiger charge is -2.11. The molecule has 112 valence electrons. The Hall–Kier alpha value is -2.10. The molecule has 0 saturated heterocycles. The molecule has 4 nitrogen and oxygen atoms in total. The van der Waals surface area contributed by atoms with Crippen LogP contribution in [0.2, 0.25) is 0 Å². The van der Waals surface area contributed by atoms with Gasteiger partial charge in [-0.3, -0.25) is 9.48 Å². The van der Waals surface area contributed by atoms with E-state index in [1.54, 1.807) is 0 Å². The molecule has 0 unspecified atom stereocenters. The second-order valence-electron chi connectivity index (χ2n) is 5.56. The number of hydrogen-bond acceptors (Lipinski definition) is 2. The SMILES string of the molecule is CC[C@H](C)NC(=O)c1ccc(Cn2nc(C)cc2C)cc1. The summed E-state index contributed by atoms with van der Waals surface area (Å²) in [6, 6.07) is 9.99. The zero-order chi connectivity index (χ0) is 15.4. The van der Waals surface area contributed by atoms with Gasteiger partial charge in [0.2, 0.25) is 0 Å². The van der Waals surface area contributed by atoms with Crippen LogP contribution in [-0.2, 0) is 6.54 Å². The molecular weight excluding hydrogens is 262 g/mol. The van der Waals surface area contributed by atoms with Crippen LogP contribution in [0.25, 0.3) is 0 Å². The summed E-state index contributed by atoms with van der Waals surface area (Å²) in [5.41, 5.74) is 4.01. The summed E-state index contributed by atoms with van der Waals surface area (Å²) in [6.07, 6.45) is 0.932. The monoisotopic (exact) mass is 285 g/mol. The van der Waals surface area contributed by atoms with E-state index < -0.39 is 0 Å². The van der Waals surface area contributed by atoms with Crippen LogP contribution >= 0.6 is 0 Å². The van der Waals surface area contributed by atoms with Crippen LogP contribution in [0.1, 0.15) is 47.6 Å². The van der Waals surface area contributed by atoms with E-state index in [0.29, 0.717) is 5.56 Å². The fraction of sp³-hybridized carbons (Fsp3) is 0.412. The highest BCUT2D eigenvalue weighted by atomic mass is 16.1. The van der Waals surface area contributed by atoms with Crippen molar-refractivity contribution in [1.82, 2.24) is 15.1 Å². The van der Waals surface area contributed by atoms with E-state index in [9.17, 15) is 4.79 Å². The fourth-order valence-electron chi connectivity index (χ4n) is 2.18. The summed E-state index contributed by atoms with van der Waals surface area (Å²) >= 11 is 0. The van der Waals surface area contributed by atoms with E-state index in [1.807, 2.05) is 49.7 Å². The van der Waals surface area contributed by atoms with Gasteiger partial charge in [-0.05, 0) is 51.0 Å². The Morgan fingerprint density at radius 3 is 2.48 bits per heavy atom. The van der Waals surface area contributed by atoms with E-state index in [2.05, 4.69) is 23.4 Å². The molecule has 1 atom stereocenters. The molecule has 1 aromatic carbocycles. The standard InChI is InChI=1S/C17H23N3O/c1-5-12(2)18-17(21)16-8-6-15(7-9-16)11-20-14(4)10-13(3)19-20/h6-10,12H,5,11H2,1-4H3,(H,18,21)/t12-/m0/s1. The summed E-state index contributed by atoms with van der Waals surface area (Å²) in [5, 5.41) is 7.42. The van der Waals surface area contributed by atoms with Crippen LogP contribution in [-0.4, -0.2) is 21.7 Å². The molecule has 0 radical (unpaired) electrons. The van der Waals surface area contributed by atoms with Crippen molar-refractivity contribution in [1.29, 1.82) is 0 Å². The molecule has 1 heterocycles. The van der Waals surface area contributed by atoms with Gasteiger partial charge in [0.1, 0.15) is 0 Å². The number of nitrogens with zero attached hydrogens (tertiary/aromatic N) is 2. The molecule has 1 N–H and O–H groups in total. The van der Waals surface area contributed by atoms with Gasteiger partial charge >= 0.3 is 0 Å².